The van der Waals surface area contributed by atoms with Crippen molar-refractivity contribution in [3.63, 3.8) is 0 Å². The number of rotatable bonds is 4. The van der Waals surface area contributed by atoms with Crippen LogP contribution in [0, 0.1) is 6.92 Å². The summed E-state index contributed by atoms with van der Waals surface area (Å²) in [4.78, 5) is 25.6. The molecule has 1 atom stereocenters. The van der Waals surface area contributed by atoms with E-state index in [1.165, 1.54) is 0 Å². The lowest BCUT2D eigenvalue weighted by Gasteiger charge is -2.13. The molecule has 0 spiro atoms. The number of nitrogens with zero attached hydrogens (tertiary/aromatic N) is 1. The smallest absolute Gasteiger partial charge is 0.233 e. The van der Waals surface area contributed by atoms with Crippen molar-refractivity contribution >= 4 is 29.0 Å². The monoisotopic (exact) mass is 378 g/mol. The summed E-state index contributed by atoms with van der Waals surface area (Å²) in [5, 5.41) is 3.57. The molecule has 0 aliphatic carbocycles. The Labute approximate surface area is 162 Å². The first kappa shape index (κ1) is 17.6. The van der Waals surface area contributed by atoms with Crippen LogP contribution in [0.15, 0.2) is 60.7 Å². The molecule has 5 heteroatoms. The summed E-state index contributed by atoms with van der Waals surface area (Å²) in [7, 11) is 0. The largest absolute Gasteiger partial charge is 0.341 e. The molecule has 0 fully saturated rings. The summed E-state index contributed by atoms with van der Waals surface area (Å²) in [6.07, 6.45) is 0.677. The average Bonchev–Trinajstić information content (AvgIpc) is 3.27. The van der Waals surface area contributed by atoms with Crippen molar-refractivity contribution in [1.29, 1.82) is 0 Å². The number of halogens is 1. The second-order valence-corrected chi connectivity index (χ2v) is 7.22. The van der Waals surface area contributed by atoms with Crippen LogP contribution >= 0.6 is 11.6 Å². The fourth-order valence-corrected chi connectivity index (χ4v) is 3.77. The highest BCUT2D eigenvalue weighted by molar-refractivity contribution is 6.31. The average molecular weight is 379 g/mol. The second kappa shape index (κ2) is 7.05. The highest BCUT2D eigenvalue weighted by atomic mass is 35.5. The van der Waals surface area contributed by atoms with Crippen molar-refractivity contribution in [3.05, 3.63) is 88.2 Å². The van der Waals surface area contributed by atoms with Crippen molar-refractivity contribution < 1.29 is 9.59 Å². The molecule has 1 N–H and O–H groups in total. The zero-order chi connectivity index (χ0) is 19.0. The summed E-state index contributed by atoms with van der Waals surface area (Å²) >= 11 is 6.04. The topological polar surface area (TPSA) is 51.1 Å². The maximum absolute atomic E-state index is 12.8. The highest BCUT2D eigenvalue weighted by Gasteiger charge is 2.32. The number of aryl methyl sites for hydroxylation is 1. The Bertz CT molecular complexity index is 1020. The van der Waals surface area contributed by atoms with Crippen molar-refractivity contribution in [2.45, 2.75) is 25.8 Å². The van der Waals surface area contributed by atoms with E-state index in [1.54, 1.807) is 12.1 Å². The molecule has 2 aromatic carbocycles. The molecule has 0 saturated heterocycles. The second-order valence-electron chi connectivity index (χ2n) is 6.78. The Morgan fingerprint density at radius 1 is 1.07 bits per heavy atom. The van der Waals surface area contributed by atoms with Gasteiger partial charge in [-0.05, 0) is 43.2 Å². The van der Waals surface area contributed by atoms with E-state index in [0.717, 1.165) is 16.9 Å². The summed E-state index contributed by atoms with van der Waals surface area (Å²) < 4.78 is 1.96. The van der Waals surface area contributed by atoms with E-state index in [2.05, 4.69) is 5.32 Å². The molecule has 136 valence electrons. The third-order valence-electron chi connectivity index (χ3n) is 5.06. The maximum atomic E-state index is 12.8. The number of hydrogen-bond acceptors (Lipinski definition) is 2. The predicted molar refractivity (Wildman–Crippen MR) is 106 cm³/mol. The van der Waals surface area contributed by atoms with Crippen LogP contribution in [-0.4, -0.2) is 16.3 Å². The van der Waals surface area contributed by atoms with Crippen molar-refractivity contribution in [3.8, 4) is 0 Å². The first-order chi connectivity index (χ1) is 13.0. The molecule has 1 aromatic heterocycles. The Hall–Kier alpha value is -2.85. The van der Waals surface area contributed by atoms with Gasteiger partial charge in [0.1, 0.15) is 0 Å². The first-order valence-electron chi connectivity index (χ1n) is 8.91. The van der Waals surface area contributed by atoms with Gasteiger partial charge in [-0.2, -0.15) is 0 Å². The normalized spacial score (nSPS) is 15.4. The molecule has 0 unspecified atom stereocenters. The molecule has 0 saturated carbocycles. The van der Waals surface area contributed by atoms with Crippen molar-refractivity contribution in [1.82, 2.24) is 4.57 Å². The Kier molecular flexibility index (Phi) is 4.58. The Morgan fingerprint density at radius 2 is 1.85 bits per heavy atom. The molecule has 1 aliphatic rings. The summed E-state index contributed by atoms with van der Waals surface area (Å²) in [6.45, 7) is 2.59. The fourth-order valence-electron chi connectivity index (χ4n) is 3.59. The van der Waals surface area contributed by atoms with Crippen LogP contribution in [0.5, 0.6) is 0 Å². The van der Waals surface area contributed by atoms with Gasteiger partial charge in [0.15, 0.2) is 0 Å². The van der Waals surface area contributed by atoms with Crippen LogP contribution in [0.25, 0.3) is 0 Å². The minimum absolute atomic E-state index is 0.0198. The van der Waals surface area contributed by atoms with Gasteiger partial charge >= 0.3 is 0 Å². The predicted octanol–water partition coefficient (Wildman–Crippen LogP) is 4.81. The third-order valence-corrected chi connectivity index (χ3v) is 5.29. The van der Waals surface area contributed by atoms with Gasteiger partial charge in [-0.25, -0.2) is 0 Å². The number of ketones is 1. The molecule has 0 bridgehead atoms. The van der Waals surface area contributed by atoms with Gasteiger partial charge in [0, 0.05) is 28.5 Å². The van der Waals surface area contributed by atoms with Gasteiger partial charge < -0.3 is 9.88 Å². The lowest BCUT2D eigenvalue weighted by molar-refractivity contribution is -0.117. The van der Waals surface area contributed by atoms with E-state index < -0.39 is 0 Å². The number of benzene rings is 2. The van der Waals surface area contributed by atoms with E-state index in [-0.39, 0.29) is 17.6 Å². The van der Waals surface area contributed by atoms with Gasteiger partial charge in [0.25, 0.3) is 0 Å². The Balaban J connectivity index is 1.58. The number of anilines is 1. The molecule has 2 heterocycles. The number of amides is 1. The zero-order valence-corrected chi connectivity index (χ0v) is 15.7. The maximum Gasteiger partial charge on any atom is 0.233 e. The summed E-state index contributed by atoms with van der Waals surface area (Å²) in [6, 6.07) is 18.3. The van der Waals surface area contributed by atoms with Gasteiger partial charge in [0.2, 0.25) is 11.7 Å². The molecular formula is C22H19ClN2O2. The van der Waals surface area contributed by atoms with Gasteiger partial charge in [-0.15, -0.1) is 0 Å². The van der Waals surface area contributed by atoms with Gasteiger partial charge in [-0.3, -0.25) is 9.59 Å². The fraction of sp³-hybridized carbons (Fsp3) is 0.182. The molecule has 27 heavy (non-hydrogen) atoms. The van der Waals surface area contributed by atoms with Crippen LogP contribution in [-0.2, 0) is 11.3 Å². The van der Waals surface area contributed by atoms with Crippen LogP contribution < -0.4 is 5.32 Å². The number of carbonyl (C=O) groups is 2. The molecule has 1 amide bonds. The van der Waals surface area contributed by atoms with E-state index in [1.807, 2.05) is 60.0 Å². The lowest BCUT2D eigenvalue weighted by Crippen LogP contribution is -2.20. The van der Waals surface area contributed by atoms with E-state index in [4.69, 9.17) is 11.6 Å². The summed E-state index contributed by atoms with van der Waals surface area (Å²) in [5.74, 6) is -0.370. The lowest BCUT2D eigenvalue weighted by atomic mass is 10.0. The number of carbonyl (C=O) groups excluding carboxylic acids is 2. The quantitative estimate of drug-likeness (QED) is 0.662. The molecule has 3 aromatic rings. The molecule has 1 aliphatic heterocycles. The van der Waals surface area contributed by atoms with E-state index >= 15 is 0 Å². The summed E-state index contributed by atoms with van der Waals surface area (Å²) in [5.41, 5.74) is 3.84. The van der Waals surface area contributed by atoms with Gasteiger partial charge in [-0.1, -0.05) is 48.0 Å². The van der Waals surface area contributed by atoms with Crippen LogP contribution in [0.3, 0.4) is 0 Å². The molecule has 0 radical (unpaired) electrons. The minimum atomic E-state index is -0.277. The molecule has 4 nitrogen and oxygen atoms in total. The minimum Gasteiger partial charge on any atom is -0.341 e. The number of nitrogens with one attached hydrogen (secondary N) is 1. The van der Waals surface area contributed by atoms with E-state index in [9.17, 15) is 9.59 Å². The first-order valence-corrected chi connectivity index (χ1v) is 9.28. The van der Waals surface area contributed by atoms with Crippen molar-refractivity contribution in [2.75, 3.05) is 5.32 Å². The van der Waals surface area contributed by atoms with E-state index in [0.29, 0.717) is 29.2 Å². The van der Waals surface area contributed by atoms with Gasteiger partial charge in [0.05, 0.1) is 11.6 Å². The molecule has 4 rings (SSSR count). The number of hydrogen-bond donors (Lipinski definition) is 1. The highest BCUT2D eigenvalue weighted by Crippen LogP contribution is 2.33. The van der Waals surface area contributed by atoms with Crippen LogP contribution in [0.2, 0.25) is 5.02 Å². The Morgan fingerprint density at radius 3 is 2.63 bits per heavy atom. The number of fused-ring (bicyclic) bond motifs is 1. The van der Waals surface area contributed by atoms with Crippen LogP contribution in [0.1, 0.15) is 39.6 Å². The van der Waals surface area contributed by atoms with Crippen molar-refractivity contribution in [2.24, 2.45) is 0 Å². The standard InChI is InChI=1S/C22H19ClN2O2/c1-14-7-8-16(23)13-18(14)24-22(27)17-11-12-25-19(17)9-10-20(25)21(26)15-5-3-2-4-6-15/h2-10,13,17H,11-12H2,1H3,(H,24,27)/t17-/m0/s1. The number of aromatic nitrogens is 1. The zero-order valence-electron chi connectivity index (χ0n) is 14.9. The van der Waals surface area contributed by atoms with Crippen LogP contribution in [0.4, 0.5) is 5.69 Å². The third kappa shape index (κ3) is 3.28. The molecular weight excluding hydrogens is 360 g/mol. The SMILES string of the molecule is Cc1ccc(Cl)cc1NC(=O)[C@H]1CCn2c(C(=O)c3ccccc3)ccc21.